The van der Waals surface area contributed by atoms with Crippen molar-refractivity contribution in [2.45, 2.75) is 58.0 Å². The molecule has 1 N–H and O–H groups in total. The second kappa shape index (κ2) is 6.02. The maximum Gasteiger partial charge on any atom is 0.121 e. The van der Waals surface area contributed by atoms with Crippen LogP contribution >= 0.6 is 0 Å². The summed E-state index contributed by atoms with van der Waals surface area (Å²) in [6.45, 7) is 4.18. The standard InChI is InChI=1S/C16H22N2/c1-12-8-9-15(13(2)10-12)16(11-17)18-14-6-4-3-5-7-14/h8-10,14,16,18H,3-7H2,1-2H3. The van der Waals surface area contributed by atoms with Crippen LogP contribution in [0, 0.1) is 25.2 Å². The van der Waals surface area contributed by atoms with Gasteiger partial charge in [-0.1, -0.05) is 43.0 Å². The third kappa shape index (κ3) is 3.11. The maximum absolute atomic E-state index is 9.39. The van der Waals surface area contributed by atoms with Crippen LogP contribution in [0.15, 0.2) is 18.2 Å². The van der Waals surface area contributed by atoms with Crippen molar-refractivity contribution in [2.75, 3.05) is 0 Å². The number of aryl methyl sites for hydroxylation is 2. The third-order valence-electron chi connectivity index (χ3n) is 3.87. The van der Waals surface area contributed by atoms with E-state index in [2.05, 4.69) is 43.4 Å². The molecule has 0 bridgehead atoms. The molecule has 0 spiro atoms. The Morgan fingerprint density at radius 3 is 2.56 bits per heavy atom. The molecule has 0 aromatic heterocycles. The molecule has 1 aromatic carbocycles. The summed E-state index contributed by atoms with van der Waals surface area (Å²) in [4.78, 5) is 0. The molecule has 1 atom stereocenters. The molecule has 0 radical (unpaired) electrons. The second-order valence-corrected chi connectivity index (χ2v) is 5.42. The summed E-state index contributed by atoms with van der Waals surface area (Å²) >= 11 is 0. The van der Waals surface area contributed by atoms with Gasteiger partial charge >= 0.3 is 0 Å². The molecule has 1 unspecified atom stereocenters. The summed E-state index contributed by atoms with van der Waals surface area (Å²) in [5.41, 5.74) is 3.60. The molecule has 0 aliphatic heterocycles. The van der Waals surface area contributed by atoms with E-state index >= 15 is 0 Å². The first-order valence-electron chi connectivity index (χ1n) is 6.93. The lowest BCUT2D eigenvalue weighted by molar-refractivity contribution is 0.359. The zero-order valence-corrected chi connectivity index (χ0v) is 11.4. The van der Waals surface area contributed by atoms with E-state index in [0.29, 0.717) is 6.04 Å². The van der Waals surface area contributed by atoms with Gasteiger partial charge in [-0.05, 0) is 37.8 Å². The predicted octanol–water partition coefficient (Wildman–Crippen LogP) is 3.79. The summed E-state index contributed by atoms with van der Waals surface area (Å²) in [6, 6.07) is 9.11. The number of benzene rings is 1. The molecule has 1 aliphatic rings. The maximum atomic E-state index is 9.39. The Morgan fingerprint density at radius 1 is 1.22 bits per heavy atom. The fourth-order valence-corrected chi connectivity index (χ4v) is 2.85. The van der Waals surface area contributed by atoms with Crippen LogP contribution in [-0.2, 0) is 0 Å². The van der Waals surface area contributed by atoms with Crippen molar-refractivity contribution < 1.29 is 0 Å². The Bertz CT molecular complexity index is 439. The topological polar surface area (TPSA) is 35.8 Å². The number of nitriles is 1. The Hall–Kier alpha value is -1.33. The number of nitrogens with one attached hydrogen (secondary N) is 1. The minimum absolute atomic E-state index is 0.159. The number of hydrogen-bond donors (Lipinski definition) is 1. The van der Waals surface area contributed by atoms with Gasteiger partial charge in [0.1, 0.15) is 6.04 Å². The van der Waals surface area contributed by atoms with Gasteiger partial charge in [0.2, 0.25) is 0 Å². The SMILES string of the molecule is Cc1ccc(C(C#N)NC2CCCCC2)c(C)c1. The molecule has 2 heteroatoms. The fourth-order valence-electron chi connectivity index (χ4n) is 2.85. The number of rotatable bonds is 3. The summed E-state index contributed by atoms with van der Waals surface area (Å²) in [5, 5.41) is 12.9. The van der Waals surface area contributed by atoms with Gasteiger partial charge in [0.25, 0.3) is 0 Å². The average molecular weight is 242 g/mol. The largest absolute Gasteiger partial charge is 0.295 e. The van der Waals surface area contributed by atoms with Crippen LogP contribution in [0.2, 0.25) is 0 Å². The molecule has 1 saturated carbocycles. The molecule has 96 valence electrons. The van der Waals surface area contributed by atoms with Crippen LogP contribution in [0.4, 0.5) is 0 Å². The fraction of sp³-hybridized carbons (Fsp3) is 0.562. The van der Waals surface area contributed by atoms with Crippen LogP contribution < -0.4 is 5.32 Å². The molecule has 1 fully saturated rings. The smallest absolute Gasteiger partial charge is 0.121 e. The van der Waals surface area contributed by atoms with Crippen molar-refractivity contribution in [3.8, 4) is 6.07 Å². The van der Waals surface area contributed by atoms with E-state index in [1.54, 1.807) is 0 Å². The zero-order chi connectivity index (χ0) is 13.0. The average Bonchev–Trinajstić information content (AvgIpc) is 2.38. The summed E-state index contributed by atoms with van der Waals surface area (Å²) in [7, 11) is 0. The van der Waals surface area contributed by atoms with Crippen molar-refractivity contribution in [2.24, 2.45) is 0 Å². The van der Waals surface area contributed by atoms with Crippen LogP contribution in [-0.4, -0.2) is 6.04 Å². The minimum atomic E-state index is -0.159. The summed E-state index contributed by atoms with van der Waals surface area (Å²) in [5.74, 6) is 0. The van der Waals surface area contributed by atoms with E-state index in [0.717, 1.165) is 5.56 Å². The van der Waals surface area contributed by atoms with Gasteiger partial charge in [-0.2, -0.15) is 5.26 Å². The van der Waals surface area contributed by atoms with Gasteiger partial charge in [0.05, 0.1) is 6.07 Å². The Kier molecular flexibility index (Phi) is 4.38. The van der Waals surface area contributed by atoms with E-state index in [9.17, 15) is 5.26 Å². The molecular weight excluding hydrogens is 220 g/mol. The zero-order valence-electron chi connectivity index (χ0n) is 11.4. The monoisotopic (exact) mass is 242 g/mol. The van der Waals surface area contributed by atoms with Crippen molar-refractivity contribution in [1.29, 1.82) is 5.26 Å². The molecule has 0 heterocycles. The molecule has 2 rings (SSSR count). The summed E-state index contributed by atoms with van der Waals surface area (Å²) < 4.78 is 0. The first-order chi connectivity index (χ1) is 8.70. The van der Waals surface area contributed by atoms with Crippen molar-refractivity contribution in [3.05, 3.63) is 34.9 Å². The predicted molar refractivity (Wildman–Crippen MR) is 74.3 cm³/mol. The van der Waals surface area contributed by atoms with Crippen LogP contribution in [0.1, 0.15) is 54.8 Å². The van der Waals surface area contributed by atoms with Crippen molar-refractivity contribution in [1.82, 2.24) is 5.32 Å². The van der Waals surface area contributed by atoms with Crippen LogP contribution in [0.25, 0.3) is 0 Å². The van der Waals surface area contributed by atoms with Gasteiger partial charge in [0.15, 0.2) is 0 Å². The quantitative estimate of drug-likeness (QED) is 0.875. The lowest BCUT2D eigenvalue weighted by Crippen LogP contribution is -2.34. The van der Waals surface area contributed by atoms with E-state index < -0.39 is 0 Å². The lowest BCUT2D eigenvalue weighted by Gasteiger charge is -2.26. The first-order valence-corrected chi connectivity index (χ1v) is 6.93. The minimum Gasteiger partial charge on any atom is -0.295 e. The molecular formula is C16H22N2. The lowest BCUT2D eigenvalue weighted by atomic mass is 9.93. The van der Waals surface area contributed by atoms with Gasteiger partial charge in [-0.15, -0.1) is 0 Å². The molecule has 2 nitrogen and oxygen atoms in total. The highest BCUT2D eigenvalue weighted by atomic mass is 14.9. The Morgan fingerprint density at radius 2 is 1.94 bits per heavy atom. The third-order valence-corrected chi connectivity index (χ3v) is 3.87. The van der Waals surface area contributed by atoms with Crippen LogP contribution in [0.5, 0.6) is 0 Å². The van der Waals surface area contributed by atoms with Gasteiger partial charge in [0, 0.05) is 6.04 Å². The Labute approximate surface area is 110 Å². The Balaban J connectivity index is 2.10. The highest BCUT2D eigenvalue weighted by Crippen LogP contribution is 2.23. The van der Waals surface area contributed by atoms with Crippen molar-refractivity contribution >= 4 is 0 Å². The van der Waals surface area contributed by atoms with E-state index in [4.69, 9.17) is 0 Å². The first kappa shape index (κ1) is 13.1. The van der Waals surface area contributed by atoms with Gasteiger partial charge in [-0.25, -0.2) is 0 Å². The number of nitrogens with zero attached hydrogens (tertiary/aromatic N) is 1. The van der Waals surface area contributed by atoms with E-state index in [1.165, 1.54) is 43.2 Å². The van der Waals surface area contributed by atoms with Crippen LogP contribution in [0.3, 0.4) is 0 Å². The highest BCUT2D eigenvalue weighted by molar-refractivity contribution is 5.35. The van der Waals surface area contributed by atoms with E-state index in [-0.39, 0.29) is 6.04 Å². The second-order valence-electron chi connectivity index (χ2n) is 5.42. The summed E-state index contributed by atoms with van der Waals surface area (Å²) in [6.07, 6.45) is 6.36. The van der Waals surface area contributed by atoms with Crippen molar-refractivity contribution in [3.63, 3.8) is 0 Å². The molecule has 18 heavy (non-hydrogen) atoms. The van der Waals surface area contributed by atoms with Gasteiger partial charge < -0.3 is 0 Å². The molecule has 0 saturated heterocycles. The molecule has 1 aromatic rings. The molecule has 1 aliphatic carbocycles. The normalized spacial score (nSPS) is 18.3. The molecule has 0 amide bonds. The van der Waals surface area contributed by atoms with Gasteiger partial charge in [-0.3, -0.25) is 5.32 Å². The number of hydrogen-bond acceptors (Lipinski definition) is 2. The highest BCUT2D eigenvalue weighted by Gasteiger charge is 2.19. The van der Waals surface area contributed by atoms with E-state index in [1.807, 2.05) is 0 Å².